The van der Waals surface area contributed by atoms with Crippen LogP contribution in [0.3, 0.4) is 0 Å². The summed E-state index contributed by atoms with van der Waals surface area (Å²) in [5, 5.41) is 3.58. The first-order valence-corrected chi connectivity index (χ1v) is 9.10. The number of nitrogens with zero attached hydrogens (tertiary/aromatic N) is 2. The van der Waals surface area contributed by atoms with E-state index in [1.165, 1.54) is 6.42 Å². The molecule has 5 nitrogen and oxygen atoms in total. The third kappa shape index (κ3) is 3.76. The van der Waals surface area contributed by atoms with Gasteiger partial charge in [-0.15, -0.1) is 0 Å². The van der Waals surface area contributed by atoms with Crippen molar-refractivity contribution in [2.24, 2.45) is 13.0 Å². The molecular weight excluding hydrogens is 314 g/mol. The van der Waals surface area contributed by atoms with Gasteiger partial charge in [-0.25, -0.2) is 0 Å². The van der Waals surface area contributed by atoms with Crippen LogP contribution in [-0.4, -0.2) is 41.6 Å². The first kappa shape index (κ1) is 17.7. The summed E-state index contributed by atoms with van der Waals surface area (Å²) < 4.78 is 1.85. The summed E-state index contributed by atoms with van der Waals surface area (Å²) >= 11 is 0. The van der Waals surface area contributed by atoms with Gasteiger partial charge in [0.25, 0.3) is 5.91 Å². The summed E-state index contributed by atoms with van der Waals surface area (Å²) in [7, 11) is 1.87. The Morgan fingerprint density at radius 3 is 2.92 bits per heavy atom. The van der Waals surface area contributed by atoms with E-state index in [1.807, 2.05) is 36.7 Å². The molecule has 3 rings (SSSR count). The van der Waals surface area contributed by atoms with E-state index in [4.69, 9.17) is 0 Å². The van der Waals surface area contributed by atoms with Gasteiger partial charge in [0.1, 0.15) is 5.56 Å². The number of benzene rings is 1. The SMILES string of the molecule is CCN1CCCC(CNC(=O)c2cn(C)c3ccc(C)cc3c2=O)C1. The van der Waals surface area contributed by atoms with Crippen LogP contribution in [0.2, 0.25) is 0 Å². The molecule has 0 saturated carbocycles. The summed E-state index contributed by atoms with van der Waals surface area (Å²) in [6.45, 7) is 7.96. The minimum absolute atomic E-state index is 0.187. The molecule has 0 bridgehead atoms. The Morgan fingerprint density at radius 1 is 1.36 bits per heavy atom. The highest BCUT2D eigenvalue weighted by atomic mass is 16.2. The molecule has 25 heavy (non-hydrogen) atoms. The first-order chi connectivity index (χ1) is 12.0. The Bertz CT molecular complexity index is 841. The second-order valence-electron chi connectivity index (χ2n) is 7.11. The van der Waals surface area contributed by atoms with Gasteiger partial charge in [0, 0.05) is 31.7 Å². The Kier molecular flexibility index (Phi) is 5.23. The number of rotatable bonds is 4. The normalized spacial score (nSPS) is 18.4. The van der Waals surface area contributed by atoms with Crippen LogP contribution in [0.5, 0.6) is 0 Å². The lowest BCUT2D eigenvalue weighted by Gasteiger charge is -2.31. The molecule has 2 heterocycles. The lowest BCUT2D eigenvalue weighted by atomic mass is 9.98. The number of carbonyl (C=O) groups excluding carboxylic acids is 1. The Hall–Kier alpha value is -2.14. The van der Waals surface area contributed by atoms with Gasteiger partial charge >= 0.3 is 0 Å². The van der Waals surface area contributed by atoms with E-state index in [0.29, 0.717) is 17.8 Å². The van der Waals surface area contributed by atoms with E-state index >= 15 is 0 Å². The average molecular weight is 341 g/mol. The zero-order valence-corrected chi connectivity index (χ0v) is 15.3. The van der Waals surface area contributed by atoms with Crippen LogP contribution in [0.4, 0.5) is 0 Å². The highest BCUT2D eigenvalue weighted by molar-refractivity contribution is 5.97. The summed E-state index contributed by atoms with van der Waals surface area (Å²) in [5.41, 5.74) is 1.90. The summed E-state index contributed by atoms with van der Waals surface area (Å²) in [6.07, 6.45) is 3.95. The van der Waals surface area contributed by atoms with Gasteiger partial charge in [0.2, 0.25) is 5.43 Å². The standard InChI is InChI=1S/C20H27N3O2/c1-4-23-9-5-6-15(12-23)11-21-20(25)17-13-22(3)18-8-7-14(2)10-16(18)19(17)24/h7-8,10,13,15H,4-6,9,11-12H2,1-3H3,(H,21,25). The number of piperidine rings is 1. The predicted octanol–water partition coefficient (Wildman–Crippen LogP) is 2.31. The van der Waals surface area contributed by atoms with Crippen molar-refractivity contribution in [3.8, 4) is 0 Å². The predicted molar refractivity (Wildman–Crippen MR) is 101 cm³/mol. The van der Waals surface area contributed by atoms with Crippen molar-refractivity contribution in [1.29, 1.82) is 0 Å². The number of aromatic nitrogens is 1. The lowest BCUT2D eigenvalue weighted by molar-refractivity contribution is 0.0932. The van der Waals surface area contributed by atoms with Crippen LogP contribution in [0.1, 0.15) is 35.7 Å². The molecule has 5 heteroatoms. The third-order valence-corrected chi connectivity index (χ3v) is 5.19. The highest BCUT2D eigenvalue weighted by Gasteiger charge is 2.20. The molecule has 1 aliphatic heterocycles. The number of pyridine rings is 1. The van der Waals surface area contributed by atoms with E-state index in [1.54, 1.807) is 6.20 Å². The van der Waals surface area contributed by atoms with E-state index in [9.17, 15) is 9.59 Å². The quantitative estimate of drug-likeness (QED) is 0.928. The Labute approximate surface area is 148 Å². The van der Waals surface area contributed by atoms with E-state index < -0.39 is 0 Å². The number of aryl methyl sites for hydroxylation is 2. The fourth-order valence-corrected chi connectivity index (χ4v) is 3.71. The van der Waals surface area contributed by atoms with Gasteiger partial charge in [0.05, 0.1) is 5.52 Å². The number of fused-ring (bicyclic) bond motifs is 1. The van der Waals surface area contributed by atoms with Crippen LogP contribution in [-0.2, 0) is 7.05 Å². The smallest absolute Gasteiger partial charge is 0.256 e. The molecule has 1 atom stereocenters. The van der Waals surface area contributed by atoms with E-state index in [2.05, 4.69) is 17.1 Å². The molecule has 1 fully saturated rings. The zero-order chi connectivity index (χ0) is 18.0. The number of likely N-dealkylation sites (tertiary alicyclic amines) is 1. The van der Waals surface area contributed by atoms with Crippen LogP contribution < -0.4 is 10.7 Å². The molecule has 134 valence electrons. The Morgan fingerprint density at radius 2 is 2.16 bits per heavy atom. The fraction of sp³-hybridized carbons (Fsp3) is 0.500. The van der Waals surface area contributed by atoms with Crippen LogP contribution in [0.25, 0.3) is 10.9 Å². The van der Waals surface area contributed by atoms with Crippen LogP contribution in [0, 0.1) is 12.8 Å². The van der Waals surface area contributed by atoms with Crippen molar-refractivity contribution < 1.29 is 4.79 Å². The maximum absolute atomic E-state index is 12.7. The van der Waals surface area contributed by atoms with Crippen LogP contribution in [0.15, 0.2) is 29.2 Å². The first-order valence-electron chi connectivity index (χ1n) is 9.10. The maximum atomic E-state index is 12.7. The fourth-order valence-electron chi connectivity index (χ4n) is 3.71. The molecular formula is C20H27N3O2. The summed E-state index contributed by atoms with van der Waals surface area (Å²) in [4.78, 5) is 27.8. The maximum Gasteiger partial charge on any atom is 0.256 e. The topological polar surface area (TPSA) is 54.3 Å². The van der Waals surface area contributed by atoms with Gasteiger partial charge in [0.15, 0.2) is 0 Å². The number of hydrogen-bond donors (Lipinski definition) is 1. The van der Waals surface area contributed by atoms with Gasteiger partial charge in [-0.3, -0.25) is 9.59 Å². The largest absolute Gasteiger partial charge is 0.352 e. The van der Waals surface area contributed by atoms with Crippen molar-refractivity contribution in [2.75, 3.05) is 26.2 Å². The van der Waals surface area contributed by atoms with Gasteiger partial charge < -0.3 is 14.8 Å². The van der Waals surface area contributed by atoms with E-state index in [-0.39, 0.29) is 16.9 Å². The average Bonchev–Trinajstić information content (AvgIpc) is 2.62. The van der Waals surface area contributed by atoms with Gasteiger partial charge in [-0.2, -0.15) is 0 Å². The number of carbonyl (C=O) groups is 1. The second kappa shape index (κ2) is 7.40. The van der Waals surface area contributed by atoms with Crippen molar-refractivity contribution in [3.05, 3.63) is 45.7 Å². The number of nitrogens with one attached hydrogen (secondary N) is 1. The van der Waals surface area contributed by atoms with Crippen molar-refractivity contribution in [1.82, 2.24) is 14.8 Å². The zero-order valence-electron chi connectivity index (χ0n) is 15.3. The second-order valence-corrected chi connectivity index (χ2v) is 7.11. The molecule has 1 aromatic heterocycles. The molecule has 2 aromatic rings. The molecule has 1 aliphatic rings. The molecule has 1 N–H and O–H groups in total. The number of amides is 1. The van der Waals surface area contributed by atoms with E-state index in [0.717, 1.165) is 37.1 Å². The number of hydrogen-bond acceptors (Lipinski definition) is 3. The molecule has 1 amide bonds. The molecule has 0 radical (unpaired) electrons. The summed E-state index contributed by atoms with van der Waals surface area (Å²) in [6, 6.07) is 5.76. The monoisotopic (exact) mass is 341 g/mol. The lowest BCUT2D eigenvalue weighted by Crippen LogP contribution is -2.41. The minimum Gasteiger partial charge on any atom is -0.352 e. The highest BCUT2D eigenvalue weighted by Crippen LogP contribution is 2.16. The molecule has 0 spiro atoms. The van der Waals surface area contributed by atoms with Crippen LogP contribution >= 0.6 is 0 Å². The van der Waals surface area contributed by atoms with Gasteiger partial charge in [-0.05, 0) is 50.9 Å². The van der Waals surface area contributed by atoms with Crippen molar-refractivity contribution in [3.63, 3.8) is 0 Å². The Balaban J connectivity index is 1.78. The minimum atomic E-state index is -0.266. The molecule has 1 aromatic carbocycles. The van der Waals surface area contributed by atoms with Gasteiger partial charge in [-0.1, -0.05) is 18.6 Å². The molecule has 1 unspecified atom stereocenters. The van der Waals surface area contributed by atoms with Crippen molar-refractivity contribution >= 4 is 16.8 Å². The molecule has 0 aliphatic carbocycles. The molecule has 1 saturated heterocycles. The van der Waals surface area contributed by atoms with Crippen molar-refractivity contribution in [2.45, 2.75) is 26.7 Å². The summed E-state index contributed by atoms with van der Waals surface area (Å²) in [5.74, 6) is 0.196. The third-order valence-electron chi connectivity index (χ3n) is 5.19.